The van der Waals surface area contributed by atoms with Crippen LogP contribution < -0.4 is 10.1 Å². The van der Waals surface area contributed by atoms with Gasteiger partial charge in [-0.15, -0.1) is 0 Å². The first-order valence-electron chi connectivity index (χ1n) is 6.67. The van der Waals surface area contributed by atoms with Crippen LogP contribution in [0.3, 0.4) is 0 Å². The second kappa shape index (κ2) is 6.86. The summed E-state index contributed by atoms with van der Waals surface area (Å²) in [5, 5.41) is 3.39. The minimum absolute atomic E-state index is 0.417. The molecule has 1 N–H and O–H groups in total. The number of benzene rings is 1. The van der Waals surface area contributed by atoms with E-state index in [4.69, 9.17) is 4.74 Å². The Hall–Kier alpha value is -1.39. The van der Waals surface area contributed by atoms with Gasteiger partial charge in [0.1, 0.15) is 5.75 Å². The summed E-state index contributed by atoms with van der Waals surface area (Å²) in [4.78, 5) is 4.37. The second-order valence-electron chi connectivity index (χ2n) is 5.07. The molecule has 0 saturated heterocycles. The van der Waals surface area contributed by atoms with Crippen molar-refractivity contribution >= 4 is 15.9 Å². The standard InChI is InChI=1S/C16H19BrN2O/c1-11(2)18-9-13-8-14(17)10-19-16(13)20-15-6-4-5-12(3)7-15/h4-8,10-11,18H,9H2,1-3H3. The van der Waals surface area contributed by atoms with Crippen molar-refractivity contribution in [1.29, 1.82) is 0 Å². The van der Waals surface area contributed by atoms with Crippen LogP contribution in [0.1, 0.15) is 25.0 Å². The van der Waals surface area contributed by atoms with E-state index in [0.29, 0.717) is 11.9 Å². The Morgan fingerprint density at radius 2 is 2.10 bits per heavy atom. The van der Waals surface area contributed by atoms with Gasteiger partial charge in [-0.05, 0) is 46.6 Å². The zero-order valence-corrected chi connectivity index (χ0v) is 13.6. The van der Waals surface area contributed by atoms with Gasteiger partial charge in [-0.25, -0.2) is 4.98 Å². The molecule has 0 spiro atoms. The number of nitrogens with one attached hydrogen (secondary N) is 1. The lowest BCUT2D eigenvalue weighted by Gasteiger charge is -2.13. The van der Waals surface area contributed by atoms with Gasteiger partial charge in [-0.3, -0.25) is 0 Å². The van der Waals surface area contributed by atoms with Crippen LogP contribution in [0, 0.1) is 6.92 Å². The Balaban J connectivity index is 2.21. The van der Waals surface area contributed by atoms with E-state index in [2.05, 4.69) is 40.1 Å². The topological polar surface area (TPSA) is 34.1 Å². The molecule has 1 aromatic carbocycles. The van der Waals surface area contributed by atoms with Crippen molar-refractivity contribution in [3.63, 3.8) is 0 Å². The molecule has 0 unspecified atom stereocenters. The van der Waals surface area contributed by atoms with Crippen molar-refractivity contribution in [2.45, 2.75) is 33.4 Å². The summed E-state index contributed by atoms with van der Waals surface area (Å²) in [5.74, 6) is 1.46. The summed E-state index contributed by atoms with van der Waals surface area (Å²) < 4.78 is 6.86. The maximum atomic E-state index is 5.91. The van der Waals surface area contributed by atoms with Crippen LogP contribution in [-0.2, 0) is 6.54 Å². The van der Waals surface area contributed by atoms with Gasteiger partial charge in [-0.1, -0.05) is 26.0 Å². The van der Waals surface area contributed by atoms with Gasteiger partial charge in [0, 0.05) is 28.8 Å². The smallest absolute Gasteiger partial charge is 0.223 e. The number of halogens is 1. The number of aromatic nitrogens is 1. The largest absolute Gasteiger partial charge is 0.439 e. The van der Waals surface area contributed by atoms with E-state index < -0.39 is 0 Å². The molecule has 4 heteroatoms. The van der Waals surface area contributed by atoms with Gasteiger partial charge in [0.2, 0.25) is 5.88 Å². The monoisotopic (exact) mass is 334 g/mol. The van der Waals surface area contributed by atoms with Gasteiger partial charge in [-0.2, -0.15) is 0 Å². The number of hydrogen-bond acceptors (Lipinski definition) is 3. The van der Waals surface area contributed by atoms with Crippen LogP contribution in [0.25, 0.3) is 0 Å². The van der Waals surface area contributed by atoms with E-state index >= 15 is 0 Å². The first kappa shape index (κ1) is 15.0. The summed E-state index contributed by atoms with van der Waals surface area (Å²) in [6, 6.07) is 10.4. The van der Waals surface area contributed by atoms with Crippen LogP contribution in [0.15, 0.2) is 41.0 Å². The molecule has 2 aromatic rings. The second-order valence-corrected chi connectivity index (χ2v) is 5.99. The molecule has 1 heterocycles. The summed E-state index contributed by atoms with van der Waals surface area (Å²) in [5.41, 5.74) is 2.20. The molecule has 0 bridgehead atoms. The van der Waals surface area contributed by atoms with Gasteiger partial charge in [0.15, 0.2) is 0 Å². The molecule has 3 nitrogen and oxygen atoms in total. The Morgan fingerprint density at radius 3 is 2.80 bits per heavy atom. The first-order chi connectivity index (χ1) is 9.54. The fraction of sp³-hybridized carbons (Fsp3) is 0.312. The molecule has 0 aliphatic heterocycles. The quantitative estimate of drug-likeness (QED) is 0.877. The van der Waals surface area contributed by atoms with E-state index in [1.807, 2.05) is 37.3 Å². The Morgan fingerprint density at radius 1 is 1.30 bits per heavy atom. The van der Waals surface area contributed by atoms with E-state index in [9.17, 15) is 0 Å². The molecule has 1 aromatic heterocycles. The molecule has 0 saturated carbocycles. The normalized spacial score (nSPS) is 10.8. The highest BCUT2D eigenvalue weighted by molar-refractivity contribution is 9.10. The SMILES string of the molecule is Cc1cccc(Oc2ncc(Br)cc2CNC(C)C)c1. The maximum Gasteiger partial charge on any atom is 0.223 e. The van der Waals surface area contributed by atoms with Crippen molar-refractivity contribution in [2.24, 2.45) is 0 Å². The lowest BCUT2D eigenvalue weighted by Crippen LogP contribution is -2.22. The Kier molecular flexibility index (Phi) is 5.15. The molecule has 2 rings (SSSR count). The van der Waals surface area contributed by atoms with Crippen molar-refractivity contribution in [2.75, 3.05) is 0 Å². The molecular formula is C16H19BrN2O. The highest BCUT2D eigenvalue weighted by Gasteiger charge is 2.08. The minimum atomic E-state index is 0.417. The van der Waals surface area contributed by atoms with Gasteiger partial charge in [0.25, 0.3) is 0 Å². The number of aryl methyl sites for hydroxylation is 1. The number of hydrogen-bond donors (Lipinski definition) is 1. The lowest BCUT2D eigenvalue weighted by molar-refractivity contribution is 0.449. The average Bonchev–Trinajstić information content (AvgIpc) is 2.39. The summed E-state index contributed by atoms with van der Waals surface area (Å²) in [6.07, 6.45) is 1.75. The van der Waals surface area contributed by atoms with Crippen molar-refractivity contribution in [1.82, 2.24) is 10.3 Å². The molecule has 106 valence electrons. The Labute approximate surface area is 128 Å². The number of ether oxygens (including phenoxy) is 1. The zero-order valence-electron chi connectivity index (χ0n) is 12.0. The highest BCUT2D eigenvalue weighted by Crippen LogP contribution is 2.26. The molecule has 0 aliphatic rings. The fourth-order valence-electron chi connectivity index (χ4n) is 1.79. The van der Waals surface area contributed by atoms with Crippen LogP contribution in [0.5, 0.6) is 11.6 Å². The van der Waals surface area contributed by atoms with Crippen LogP contribution in [-0.4, -0.2) is 11.0 Å². The molecule has 0 aliphatic carbocycles. The minimum Gasteiger partial charge on any atom is -0.439 e. The number of pyridine rings is 1. The van der Waals surface area contributed by atoms with Crippen molar-refractivity contribution < 1.29 is 4.74 Å². The molecule has 0 fully saturated rings. The summed E-state index contributed by atoms with van der Waals surface area (Å²) in [6.45, 7) is 7.01. The lowest BCUT2D eigenvalue weighted by atomic mass is 10.2. The number of rotatable bonds is 5. The molecule has 0 amide bonds. The number of nitrogens with zero attached hydrogens (tertiary/aromatic N) is 1. The van der Waals surface area contributed by atoms with Crippen molar-refractivity contribution in [3.8, 4) is 11.6 Å². The van der Waals surface area contributed by atoms with Crippen molar-refractivity contribution in [3.05, 3.63) is 52.1 Å². The highest BCUT2D eigenvalue weighted by atomic mass is 79.9. The van der Waals surface area contributed by atoms with E-state index in [1.54, 1.807) is 6.20 Å². The van der Waals surface area contributed by atoms with Gasteiger partial charge in [0.05, 0.1) is 0 Å². The van der Waals surface area contributed by atoms with Gasteiger partial charge < -0.3 is 10.1 Å². The maximum absolute atomic E-state index is 5.91. The predicted octanol–water partition coefficient (Wildman–Crippen LogP) is 4.44. The third-order valence-corrected chi connectivity index (χ3v) is 3.23. The summed E-state index contributed by atoms with van der Waals surface area (Å²) in [7, 11) is 0. The molecule has 0 atom stereocenters. The van der Waals surface area contributed by atoms with Gasteiger partial charge >= 0.3 is 0 Å². The van der Waals surface area contributed by atoms with Crippen LogP contribution in [0.2, 0.25) is 0 Å². The average molecular weight is 335 g/mol. The van der Waals surface area contributed by atoms with E-state index in [1.165, 1.54) is 5.56 Å². The van der Waals surface area contributed by atoms with E-state index in [0.717, 1.165) is 22.3 Å². The van der Waals surface area contributed by atoms with E-state index in [-0.39, 0.29) is 0 Å². The third-order valence-electron chi connectivity index (χ3n) is 2.80. The van der Waals surface area contributed by atoms with Crippen LogP contribution >= 0.6 is 15.9 Å². The Bertz CT molecular complexity index is 584. The van der Waals surface area contributed by atoms with Crippen LogP contribution in [0.4, 0.5) is 0 Å². The predicted molar refractivity (Wildman–Crippen MR) is 85.2 cm³/mol. The molecule has 0 radical (unpaired) electrons. The summed E-state index contributed by atoms with van der Waals surface area (Å²) >= 11 is 3.45. The molecular weight excluding hydrogens is 316 g/mol. The fourth-order valence-corrected chi connectivity index (χ4v) is 2.17. The third kappa shape index (κ3) is 4.32. The molecule has 20 heavy (non-hydrogen) atoms. The zero-order chi connectivity index (χ0) is 14.5. The first-order valence-corrected chi connectivity index (χ1v) is 7.46.